The zero-order valence-corrected chi connectivity index (χ0v) is 12.8. The van der Waals surface area contributed by atoms with Gasteiger partial charge in [0, 0.05) is 16.4 Å². The number of aromatic nitrogens is 2. The summed E-state index contributed by atoms with van der Waals surface area (Å²) in [6, 6.07) is 4.11. The molecule has 0 atom stereocenters. The Kier molecular flexibility index (Phi) is 3.32. The van der Waals surface area contributed by atoms with Crippen molar-refractivity contribution in [3.63, 3.8) is 0 Å². The van der Waals surface area contributed by atoms with Crippen LogP contribution in [-0.2, 0) is 0 Å². The Morgan fingerprint density at radius 1 is 1.33 bits per heavy atom. The molecule has 0 aromatic carbocycles. The van der Waals surface area contributed by atoms with Crippen LogP contribution in [0.1, 0.15) is 6.92 Å². The lowest BCUT2D eigenvalue weighted by atomic mass is 10.3. The smallest absolute Gasteiger partial charge is 0.173 e. The number of hydrogen-bond donors (Lipinski definition) is 1. The van der Waals surface area contributed by atoms with Gasteiger partial charge < -0.3 is 5.32 Å². The molecule has 0 unspecified atom stereocenters. The van der Waals surface area contributed by atoms with Crippen LogP contribution in [0.4, 0.5) is 5.82 Å². The van der Waals surface area contributed by atoms with E-state index in [-0.39, 0.29) is 0 Å². The second-order valence-corrected chi connectivity index (χ2v) is 6.42. The van der Waals surface area contributed by atoms with Crippen LogP contribution >= 0.6 is 38.6 Å². The van der Waals surface area contributed by atoms with Crippen molar-refractivity contribution in [1.29, 1.82) is 0 Å². The average Bonchev–Trinajstić information content (AvgIpc) is 2.97. The van der Waals surface area contributed by atoms with Crippen LogP contribution in [0.15, 0.2) is 27.4 Å². The molecular formula is C12H10BrN3S2. The third-order valence-electron chi connectivity index (χ3n) is 2.46. The van der Waals surface area contributed by atoms with Crippen molar-refractivity contribution in [2.24, 2.45) is 0 Å². The first-order valence-corrected chi connectivity index (χ1v) is 8.06. The number of nitrogens with one attached hydrogen (secondary N) is 1. The average molecular weight is 340 g/mol. The van der Waals surface area contributed by atoms with E-state index in [0.29, 0.717) is 0 Å². The number of anilines is 1. The van der Waals surface area contributed by atoms with E-state index in [4.69, 9.17) is 0 Å². The first-order valence-electron chi connectivity index (χ1n) is 5.51. The molecule has 0 amide bonds. The van der Waals surface area contributed by atoms with Gasteiger partial charge in [-0.3, -0.25) is 0 Å². The van der Waals surface area contributed by atoms with E-state index >= 15 is 0 Å². The summed E-state index contributed by atoms with van der Waals surface area (Å²) >= 11 is 6.75. The molecule has 3 aromatic heterocycles. The van der Waals surface area contributed by atoms with Gasteiger partial charge in [0.05, 0.1) is 10.3 Å². The highest BCUT2D eigenvalue weighted by molar-refractivity contribution is 9.10. The highest BCUT2D eigenvalue weighted by atomic mass is 79.9. The Hall–Kier alpha value is -0.980. The van der Waals surface area contributed by atoms with Crippen molar-refractivity contribution in [1.82, 2.24) is 9.97 Å². The minimum Gasteiger partial charge on any atom is -0.370 e. The lowest BCUT2D eigenvalue weighted by molar-refractivity contribution is 1.15. The van der Waals surface area contributed by atoms with E-state index < -0.39 is 0 Å². The number of rotatable bonds is 3. The highest BCUT2D eigenvalue weighted by Gasteiger charge is 2.11. The van der Waals surface area contributed by atoms with E-state index in [2.05, 4.69) is 50.3 Å². The monoisotopic (exact) mass is 339 g/mol. The van der Waals surface area contributed by atoms with E-state index in [0.717, 1.165) is 37.8 Å². The standard InChI is InChI=1S/C12H10BrN3S2/c1-2-14-10-8-3-4-17-12(8)16-11(15-10)9-5-7(13)6-18-9/h3-6H,2H2,1H3,(H,14,15,16). The van der Waals surface area contributed by atoms with Crippen LogP contribution in [0.2, 0.25) is 0 Å². The van der Waals surface area contributed by atoms with Crippen LogP contribution in [0.5, 0.6) is 0 Å². The minimum absolute atomic E-state index is 0.789. The maximum absolute atomic E-state index is 4.62. The van der Waals surface area contributed by atoms with Gasteiger partial charge in [0.25, 0.3) is 0 Å². The molecule has 0 aliphatic heterocycles. The molecule has 0 aliphatic rings. The van der Waals surface area contributed by atoms with Gasteiger partial charge in [-0.2, -0.15) is 0 Å². The fraction of sp³-hybridized carbons (Fsp3) is 0.167. The summed E-state index contributed by atoms with van der Waals surface area (Å²) in [6.07, 6.45) is 0. The Bertz CT molecular complexity index is 690. The topological polar surface area (TPSA) is 37.8 Å². The summed E-state index contributed by atoms with van der Waals surface area (Å²) in [4.78, 5) is 11.3. The molecular weight excluding hydrogens is 330 g/mol. The summed E-state index contributed by atoms with van der Waals surface area (Å²) in [5, 5.41) is 8.50. The number of fused-ring (bicyclic) bond motifs is 1. The lowest BCUT2D eigenvalue weighted by Gasteiger charge is -2.05. The Labute approximate surface area is 121 Å². The lowest BCUT2D eigenvalue weighted by Crippen LogP contribution is -2.01. The van der Waals surface area contributed by atoms with Crippen molar-refractivity contribution in [3.05, 3.63) is 27.4 Å². The fourth-order valence-corrected chi connectivity index (χ4v) is 3.82. The molecule has 3 nitrogen and oxygen atoms in total. The van der Waals surface area contributed by atoms with Gasteiger partial charge in [0.15, 0.2) is 5.82 Å². The molecule has 18 heavy (non-hydrogen) atoms. The molecule has 3 rings (SSSR count). The van der Waals surface area contributed by atoms with E-state index in [1.165, 1.54) is 0 Å². The Morgan fingerprint density at radius 3 is 2.94 bits per heavy atom. The molecule has 3 aromatic rings. The molecule has 0 bridgehead atoms. The first-order chi connectivity index (χ1) is 8.78. The minimum atomic E-state index is 0.789. The number of halogens is 1. The largest absolute Gasteiger partial charge is 0.370 e. The van der Waals surface area contributed by atoms with Crippen LogP contribution < -0.4 is 5.32 Å². The normalized spacial score (nSPS) is 11.0. The molecule has 0 radical (unpaired) electrons. The van der Waals surface area contributed by atoms with Gasteiger partial charge in [0.2, 0.25) is 0 Å². The quantitative estimate of drug-likeness (QED) is 0.756. The molecule has 0 spiro atoms. The van der Waals surface area contributed by atoms with Crippen molar-refractivity contribution in [2.75, 3.05) is 11.9 Å². The summed E-state index contributed by atoms with van der Waals surface area (Å²) in [5.41, 5.74) is 0. The molecule has 0 saturated carbocycles. The van der Waals surface area contributed by atoms with Crippen molar-refractivity contribution in [3.8, 4) is 10.7 Å². The van der Waals surface area contributed by atoms with Crippen LogP contribution in [0, 0.1) is 0 Å². The van der Waals surface area contributed by atoms with Gasteiger partial charge in [-0.25, -0.2) is 9.97 Å². The molecule has 0 saturated heterocycles. The summed E-state index contributed by atoms with van der Waals surface area (Å²) in [7, 11) is 0. The van der Waals surface area contributed by atoms with Crippen molar-refractivity contribution >= 4 is 54.6 Å². The number of thiophene rings is 2. The molecule has 0 fully saturated rings. The van der Waals surface area contributed by atoms with Crippen molar-refractivity contribution < 1.29 is 0 Å². The molecule has 3 heterocycles. The van der Waals surface area contributed by atoms with E-state index in [1.807, 2.05) is 10.8 Å². The zero-order valence-electron chi connectivity index (χ0n) is 9.61. The van der Waals surface area contributed by atoms with Gasteiger partial charge in [-0.15, -0.1) is 22.7 Å². The summed E-state index contributed by atoms with van der Waals surface area (Å²) in [5.74, 6) is 1.71. The SMILES string of the molecule is CCNc1nc(-c2cc(Br)cs2)nc2sccc12. The second-order valence-electron chi connectivity index (χ2n) is 3.69. The highest BCUT2D eigenvalue weighted by Crippen LogP contribution is 2.32. The predicted molar refractivity (Wildman–Crippen MR) is 82.6 cm³/mol. The Balaban J connectivity index is 2.18. The third-order valence-corrected chi connectivity index (χ3v) is 4.95. The molecule has 6 heteroatoms. The summed E-state index contributed by atoms with van der Waals surface area (Å²) < 4.78 is 1.07. The maximum atomic E-state index is 4.62. The summed E-state index contributed by atoms with van der Waals surface area (Å²) in [6.45, 7) is 2.93. The first kappa shape index (κ1) is 12.1. The second kappa shape index (κ2) is 4.95. The Morgan fingerprint density at radius 2 is 2.22 bits per heavy atom. The van der Waals surface area contributed by atoms with E-state index in [1.54, 1.807) is 22.7 Å². The number of hydrogen-bond acceptors (Lipinski definition) is 5. The predicted octanol–water partition coefficient (Wildman–Crippen LogP) is 4.61. The van der Waals surface area contributed by atoms with Gasteiger partial charge in [-0.1, -0.05) is 0 Å². The van der Waals surface area contributed by atoms with E-state index in [9.17, 15) is 0 Å². The third kappa shape index (κ3) is 2.15. The van der Waals surface area contributed by atoms with Crippen LogP contribution in [0.25, 0.3) is 20.9 Å². The molecule has 92 valence electrons. The van der Waals surface area contributed by atoms with Crippen LogP contribution in [0.3, 0.4) is 0 Å². The van der Waals surface area contributed by atoms with Crippen molar-refractivity contribution in [2.45, 2.75) is 6.92 Å². The van der Waals surface area contributed by atoms with Crippen LogP contribution in [-0.4, -0.2) is 16.5 Å². The number of nitrogens with zero attached hydrogens (tertiary/aromatic N) is 2. The van der Waals surface area contributed by atoms with Gasteiger partial charge in [0.1, 0.15) is 10.6 Å². The zero-order chi connectivity index (χ0) is 12.5. The maximum Gasteiger partial charge on any atom is 0.173 e. The molecule has 0 aliphatic carbocycles. The molecule has 1 N–H and O–H groups in total. The van der Waals surface area contributed by atoms with Gasteiger partial charge >= 0.3 is 0 Å². The van der Waals surface area contributed by atoms with Gasteiger partial charge in [-0.05, 0) is 40.4 Å². The fourth-order valence-electron chi connectivity index (χ4n) is 1.70.